The van der Waals surface area contributed by atoms with Gasteiger partial charge in [0.05, 0.1) is 15.4 Å². The number of nitrogens with zero attached hydrogens (tertiary/aromatic N) is 4. The first-order valence-corrected chi connectivity index (χ1v) is 13.7. The maximum atomic E-state index is 13.3. The van der Waals surface area contributed by atoms with Crippen molar-refractivity contribution >= 4 is 76.6 Å². The highest BCUT2D eigenvalue weighted by atomic mass is 32.3. The van der Waals surface area contributed by atoms with Gasteiger partial charge in [0.15, 0.2) is 5.78 Å². The maximum absolute atomic E-state index is 13.3. The summed E-state index contributed by atoms with van der Waals surface area (Å²) >= 11 is 4.19. The van der Waals surface area contributed by atoms with E-state index in [1.807, 2.05) is 0 Å². The number of tetrazole rings is 1. The summed E-state index contributed by atoms with van der Waals surface area (Å²) in [5.74, 6) is -5.51. The molecule has 4 rings (SSSR count). The van der Waals surface area contributed by atoms with Gasteiger partial charge in [0.1, 0.15) is 10.2 Å². The van der Waals surface area contributed by atoms with Gasteiger partial charge in [-0.2, -0.15) is 0 Å². The molecule has 5 N–H and O–H groups in total. The second kappa shape index (κ2) is 10.1. The van der Waals surface area contributed by atoms with Crippen molar-refractivity contribution in [2.45, 2.75) is 20.7 Å². The van der Waals surface area contributed by atoms with Crippen molar-refractivity contribution in [3.63, 3.8) is 0 Å². The van der Waals surface area contributed by atoms with Crippen LogP contribution in [-0.4, -0.2) is 94.1 Å². The zero-order valence-electron chi connectivity index (χ0n) is 18.5. The van der Waals surface area contributed by atoms with E-state index in [0.29, 0.717) is 10.7 Å². The molecule has 0 spiro atoms. The molecule has 0 unspecified atom stereocenters. The number of thioether (sulfide) groups is 4. The lowest BCUT2D eigenvalue weighted by Crippen LogP contribution is -2.77. The van der Waals surface area contributed by atoms with Gasteiger partial charge in [0, 0.05) is 31.2 Å². The topological polar surface area (TPSA) is 217 Å². The fourth-order valence-electron chi connectivity index (χ4n) is 3.89. The number of amides is 2. The number of hydrogen-bond acceptors (Lipinski definition) is 13. The largest absolute Gasteiger partial charge is 0.478 e. The molecule has 1 aromatic heterocycles. The molecule has 1 saturated heterocycles. The summed E-state index contributed by atoms with van der Waals surface area (Å²) in [4.78, 5) is 60.8. The molecule has 1 aromatic rings. The normalized spacial score (nSPS) is 27.0. The van der Waals surface area contributed by atoms with E-state index >= 15 is 0 Å². The van der Waals surface area contributed by atoms with Crippen LogP contribution in [0, 0.1) is 5.92 Å². The number of aromatic nitrogens is 4. The maximum Gasteiger partial charge on any atom is 0.343 e. The average Bonchev–Trinajstić information content (AvgIpc) is 3.20. The Labute approximate surface area is 219 Å². The van der Waals surface area contributed by atoms with E-state index in [-0.39, 0.29) is 21.3 Å². The molecule has 2 fully saturated rings. The van der Waals surface area contributed by atoms with E-state index in [2.05, 4.69) is 20.8 Å². The smallest absolute Gasteiger partial charge is 0.343 e. The van der Waals surface area contributed by atoms with Crippen molar-refractivity contribution in [3.05, 3.63) is 21.0 Å². The number of aryl methyl sites for hydroxylation is 1. The third-order valence-corrected chi connectivity index (χ3v) is 11.0. The van der Waals surface area contributed by atoms with Crippen LogP contribution in [0.3, 0.4) is 0 Å². The molecule has 3 heterocycles. The molecular formula is C18H18N6O8S4. The van der Waals surface area contributed by atoms with Crippen LogP contribution >= 0.6 is 47.0 Å². The van der Waals surface area contributed by atoms with Crippen molar-refractivity contribution in [2.24, 2.45) is 18.7 Å². The minimum Gasteiger partial charge on any atom is -0.478 e. The van der Waals surface area contributed by atoms with Crippen molar-refractivity contribution in [3.8, 4) is 0 Å². The summed E-state index contributed by atoms with van der Waals surface area (Å²) in [6.45, 7) is 0. The fourth-order valence-corrected chi connectivity index (χ4v) is 8.71. The number of rotatable bonds is 9. The molecule has 0 radical (unpaired) electrons. The van der Waals surface area contributed by atoms with Crippen LogP contribution in [0.4, 0.5) is 0 Å². The van der Waals surface area contributed by atoms with Crippen LogP contribution in [-0.2, 0) is 35.8 Å². The number of ether oxygens (including phenoxy) is 1. The standard InChI is InChI=1S/C18H18N6O8S4/c1-24-17(21-22-23-24)34-4-5-3-33-10-7(6(5)13(28)29)9(25)18(10,32-2)20-12(27)16-35-15(36-16)8(11(19)26)14(30)31/h7,10,16H,3-4H2,1-2H3,(H2,19,26)(H,20,27)(H,28,29)(H,30,31)/t7-,10-,16?,18-/m1/s1. The predicted molar refractivity (Wildman–Crippen MR) is 130 cm³/mol. The zero-order chi connectivity index (χ0) is 26.4. The lowest BCUT2D eigenvalue weighted by Gasteiger charge is -2.54. The van der Waals surface area contributed by atoms with Crippen LogP contribution in [0.2, 0.25) is 0 Å². The number of carboxylic acid groups (broad SMARTS) is 2. The predicted octanol–water partition coefficient (Wildman–Crippen LogP) is -0.956. The Balaban J connectivity index is 1.49. The van der Waals surface area contributed by atoms with Gasteiger partial charge in [0.2, 0.25) is 16.8 Å². The minimum absolute atomic E-state index is 0.0292. The highest BCUT2D eigenvalue weighted by molar-refractivity contribution is 8.39. The number of nitrogens with two attached hydrogens (primary N) is 1. The lowest BCUT2D eigenvalue weighted by atomic mass is 9.68. The zero-order valence-corrected chi connectivity index (χ0v) is 21.8. The summed E-state index contributed by atoms with van der Waals surface area (Å²) in [7, 11) is 2.90. The highest BCUT2D eigenvalue weighted by Crippen LogP contribution is 2.55. The molecule has 18 heteroatoms. The third-order valence-electron chi connectivity index (χ3n) is 5.61. The molecule has 3 aliphatic rings. The number of nitrogens with one attached hydrogen (secondary N) is 1. The molecule has 14 nitrogen and oxygen atoms in total. The first kappa shape index (κ1) is 26.5. The fraction of sp³-hybridized carbons (Fsp3) is 0.444. The lowest BCUT2D eigenvalue weighted by molar-refractivity contribution is -0.171. The highest BCUT2D eigenvalue weighted by Gasteiger charge is 2.68. The number of hydrogen-bond donors (Lipinski definition) is 4. The molecule has 0 aromatic carbocycles. The van der Waals surface area contributed by atoms with Crippen LogP contribution in [0.25, 0.3) is 0 Å². The number of primary amides is 1. The van der Waals surface area contributed by atoms with Crippen LogP contribution in [0.1, 0.15) is 0 Å². The summed E-state index contributed by atoms with van der Waals surface area (Å²) in [5, 5.41) is 32.5. The van der Waals surface area contributed by atoms with E-state index < -0.39 is 56.6 Å². The van der Waals surface area contributed by atoms with Gasteiger partial charge in [-0.05, 0) is 16.0 Å². The van der Waals surface area contributed by atoms with Gasteiger partial charge in [-0.25, -0.2) is 14.3 Å². The SMILES string of the molecule is CO[C@]1(NC(=O)C2SC(=C(C(N)=O)C(=O)O)S2)C(=O)[C@H]2C(C(=O)O)=C(CSc3nnnn3C)CS[C@H]21. The third kappa shape index (κ3) is 4.40. The number of Topliss-reactive ketones (excluding diaryl/α,β-unsaturated/α-hetero) is 1. The first-order valence-electron chi connectivity index (χ1n) is 9.96. The van der Waals surface area contributed by atoms with Gasteiger partial charge in [-0.15, -0.1) is 16.9 Å². The van der Waals surface area contributed by atoms with Crippen LogP contribution < -0.4 is 11.1 Å². The van der Waals surface area contributed by atoms with E-state index in [1.54, 1.807) is 7.05 Å². The van der Waals surface area contributed by atoms with Crippen molar-refractivity contribution in [1.82, 2.24) is 25.5 Å². The van der Waals surface area contributed by atoms with Gasteiger partial charge < -0.3 is 26.0 Å². The molecule has 3 atom stereocenters. The summed E-state index contributed by atoms with van der Waals surface area (Å²) < 4.78 is 6.13. The van der Waals surface area contributed by atoms with Crippen molar-refractivity contribution < 1.29 is 38.9 Å². The Bertz CT molecular complexity index is 1220. The Morgan fingerprint density at radius 1 is 1.31 bits per heavy atom. The number of carbonyl (C=O) groups excluding carboxylic acids is 3. The molecule has 36 heavy (non-hydrogen) atoms. The van der Waals surface area contributed by atoms with Gasteiger partial charge in [-0.1, -0.05) is 35.3 Å². The molecule has 1 saturated carbocycles. The van der Waals surface area contributed by atoms with E-state index in [4.69, 9.17) is 15.6 Å². The quantitative estimate of drug-likeness (QED) is 0.0918. The molecule has 2 aliphatic heterocycles. The van der Waals surface area contributed by atoms with Crippen molar-refractivity contribution in [1.29, 1.82) is 0 Å². The molecule has 2 amide bonds. The van der Waals surface area contributed by atoms with E-state index in [1.165, 1.54) is 35.3 Å². The minimum atomic E-state index is -1.74. The molecular weight excluding hydrogens is 557 g/mol. The number of carbonyl (C=O) groups is 5. The number of ketones is 1. The Hall–Kier alpha value is -2.54. The molecule has 192 valence electrons. The number of carboxylic acids is 2. The van der Waals surface area contributed by atoms with Gasteiger partial charge in [0.25, 0.3) is 5.91 Å². The Morgan fingerprint density at radius 3 is 2.53 bits per heavy atom. The number of methoxy groups -OCH3 is 1. The number of fused-ring (bicyclic) bond motifs is 1. The Morgan fingerprint density at radius 2 is 2.00 bits per heavy atom. The number of aliphatic carboxylic acids is 2. The Kier molecular flexibility index (Phi) is 7.42. The first-order chi connectivity index (χ1) is 17.0. The summed E-state index contributed by atoms with van der Waals surface area (Å²) in [5.41, 5.74) is 3.26. The second-order valence-corrected chi connectivity index (χ2v) is 12.5. The van der Waals surface area contributed by atoms with E-state index in [9.17, 15) is 29.1 Å². The summed E-state index contributed by atoms with van der Waals surface area (Å²) in [6.07, 6.45) is 0. The van der Waals surface area contributed by atoms with Crippen LogP contribution in [0.15, 0.2) is 26.1 Å². The second-order valence-electron chi connectivity index (χ2n) is 7.60. The molecule has 0 bridgehead atoms. The van der Waals surface area contributed by atoms with E-state index in [0.717, 1.165) is 23.5 Å². The monoisotopic (exact) mass is 574 g/mol. The average molecular weight is 575 g/mol. The van der Waals surface area contributed by atoms with Gasteiger partial charge in [-0.3, -0.25) is 14.4 Å². The summed E-state index contributed by atoms with van der Waals surface area (Å²) in [6, 6.07) is 0. The van der Waals surface area contributed by atoms with Gasteiger partial charge >= 0.3 is 11.9 Å². The van der Waals surface area contributed by atoms with Crippen molar-refractivity contribution in [2.75, 3.05) is 18.6 Å². The van der Waals surface area contributed by atoms with Crippen LogP contribution in [0.5, 0.6) is 0 Å². The molecule has 1 aliphatic carbocycles.